The summed E-state index contributed by atoms with van der Waals surface area (Å²) in [6.07, 6.45) is 4.52. The van der Waals surface area contributed by atoms with Crippen LogP contribution in [0.5, 0.6) is 0 Å². The molecule has 0 N–H and O–H groups in total. The molecular weight excluding hydrogens is 261 g/mol. The maximum absolute atomic E-state index is 13.1. The van der Waals surface area contributed by atoms with Crippen LogP contribution < -0.4 is 0 Å². The molecule has 0 aromatic heterocycles. The number of hydrogen-bond acceptors (Lipinski definition) is 4. The smallest absolute Gasteiger partial charge is 0.308 e. The fraction of sp³-hybridized carbons (Fsp3) is 1.00. The van der Waals surface area contributed by atoms with Gasteiger partial charge in [0, 0.05) is 0 Å². The lowest BCUT2D eigenvalue weighted by Gasteiger charge is -2.38. The summed E-state index contributed by atoms with van der Waals surface area (Å²) in [5, 5.41) is 0. The zero-order valence-electron chi connectivity index (χ0n) is 12.9. The van der Waals surface area contributed by atoms with E-state index in [1.54, 1.807) is 0 Å². The molecule has 1 rings (SSSR count). The van der Waals surface area contributed by atoms with Crippen LogP contribution in [0.15, 0.2) is 0 Å². The van der Waals surface area contributed by atoms with Crippen LogP contribution in [-0.2, 0) is 13.6 Å². The van der Waals surface area contributed by atoms with Gasteiger partial charge in [-0.1, -0.05) is 20.3 Å². The molecule has 1 saturated heterocycles. The van der Waals surface area contributed by atoms with E-state index in [9.17, 15) is 4.57 Å². The predicted octanol–water partition coefficient (Wildman–Crippen LogP) is 4.11. The Morgan fingerprint density at radius 3 is 2.00 bits per heavy atom. The summed E-state index contributed by atoms with van der Waals surface area (Å²) in [6, 6.07) is 0. The van der Waals surface area contributed by atoms with Crippen molar-refractivity contribution in [2.45, 2.75) is 59.2 Å². The third kappa shape index (κ3) is 5.18. The highest BCUT2D eigenvalue weighted by Crippen LogP contribution is 2.56. The van der Waals surface area contributed by atoms with E-state index in [0.717, 1.165) is 19.5 Å². The van der Waals surface area contributed by atoms with Crippen LogP contribution >= 0.6 is 7.60 Å². The molecule has 0 radical (unpaired) electrons. The van der Waals surface area contributed by atoms with Gasteiger partial charge in [0.2, 0.25) is 0 Å². The molecule has 0 spiro atoms. The fourth-order valence-electron chi connectivity index (χ4n) is 2.69. The second-order valence-corrected chi connectivity index (χ2v) is 7.77. The van der Waals surface area contributed by atoms with Crippen LogP contribution in [0.3, 0.4) is 0 Å². The van der Waals surface area contributed by atoms with Crippen molar-refractivity contribution in [3.63, 3.8) is 0 Å². The number of likely N-dealkylation sites (tertiary alicyclic amines) is 1. The Hall–Kier alpha value is 0.110. The highest BCUT2D eigenvalue weighted by atomic mass is 31.2. The first-order valence-electron chi connectivity index (χ1n) is 7.66. The van der Waals surface area contributed by atoms with E-state index in [0.29, 0.717) is 19.1 Å². The zero-order valence-corrected chi connectivity index (χ0v) is 13.8. The monoisotopic (exact) mass is 291 g/mol. The van der Waals surface area contributed by atoms with Gasteiger partial charge in [-0.25, -0.2) is 0 Å². The second kappa shape index (κ2) is 8.41. The van der Waals surface area contributed by atoms with Crippen LogP contribution in [-0.4, -0.2) is 37.0 Å². The largest absolute Gasteiger partial charge is 0.347 e. The minimum atomic E-state index is -3.03. The normalized spacial score (nSPS) is 19.8. The summed E-state index contributed by atoms with van der Waals surface area (Å²) in [4.78, 5) is 2.33. The third-order valence-electron chi connectivity index (χ3n) is 3.48. The van der Waals surface area contributed by atoms with Gasteiger partial charge in [0.05, 0.1) is 13.2 Å². The Labute approximate surface area is 118 Å². The van der Waals surface area contributed by atoms with E-state index >= 15 is 0 Å². The van der Waals surface area contributed by atoms with Crippen LogP contribution in [0, 0.1) is 5.92 Å². The van der Waals surface area contributed by atoms with Gasteiger partial charge in [0.15, 0.2) is 0 Å². The maximum atomic E-state index is 13.1. The lowest BCUT2D eigenvalue weighted by atomic mass is 10.1. The van der Waals surface area contributed by atoms with E-state index < -0.39 is 7.60 Å². The summed E-state index contributed by atoms with van der Waals surface area (Å²) < 4.78 is 24.2. The van der Waals surface area contributed by atoms with Crippen molar-refractivity contribution in [2.75, 3.05) is 26.3 Å². The number of hydrogen-bond donors (Lipinski definition) is 0. The summed E-state index contributed by atoms with van der Waals surface area (Å²) in [5.41, 5.74) is 0. The summed E-state index contributed by atoms with van der Waals surface area (Å²) >= 11 is 0. The van der Waals surface area contributed by atoms with Gasteiger partial charge in [-0.2, -0.15) is 0 Å². The molecule has 1 unspecified atom stereocenters. The van der Waals surface area contributed by atoms with E-state index in [-0.39, 0.29) is 5.78 Å². The third-order valence-corrected chi connectivity index (χ3v) is 5.98. The van der Waals surface area contributed by atoms with Gasteiger partial charge < -0.3 is 9.05 Å². The van der Waals surface area contributed by atoms with Gasteiger partial charge in [-0.05, 0) is 52.1 Å². The standard InChI is InChI=1S/C14H30NO3P/c1-5-17-19(16,18-6-2)14(12-13(3)4)15-10-8-7-9-11-15/h13-14H,5-12H2,1-4H3. The molecule has 0 aliphatic carbocycles. The van der Waals surface area contributed by atoms with Crippen molar-refractivity contribution in [2.24, 2.45) is 5.92 Å². The van der Waals surface area contributed by atoms with Crippen LogP contribution in [0.1, 0.15) is 53.4 Å². The number of piperidine rings is 1. The molecule has 4 nitrogen and oxygen atoms in total. The average molecular weight is 291 g/mol. The zero-order chi connectivity index (χ0) is 14.3. The van der Waals surface area contributed by atoms with Gasteiger partial charge in [-0.3, -0.25) is 9.46 Å². The SMILES string of the molecule is CCOP(=O)(OCC)C(CC(C)C)N1CCCCC1. The van der Waals surface area contributed by atoms with Gasteiger partial charge in [0.25, 0.3) is 0 Å². The highest BCUT2D eigenvalue weighted by Gasteiger charge is 2.40. The highest BCUT2D eigenvalue weighted by molar-refractivity contribution is 7.54. The van der Waals surface area contributed by atoms with Crippen molar-refractivity contribution in [3.8, 4) is 0 Å². The molecule has 1 aliphatic rings. The van der Waals surface area contributed by atoms with E-state index in [1.165, 1.54) is 19.3 Å². The average Bonchev–Trinajstić information content (AvgIpc) is 2.37. The lowest BCUT2D eigenvalue weighted by molar-refractivity contribution is 0.136. The molecule has 1 heterocycles. The van der Waals surface area contributed by atoms with E-state index in [2.05, 4.69) is 18.7 Å². The molecule has 0 aromatic carbocycles. The van der Waals surface area contributed by atoms with E-state index in [1.807, 2.05) is 13.8 Å². The van der Waals surface area contributed by atoms with Gasteiger partial charge in [0.1, 0.15) is 5.78 Å². The minimum Gasteiger partial charge on any atom is -0.308 e. The molecule has 0 aromatic rings. The Kier molecular flexibility index (Phi) is 7.60. The molecule has 114 valence electrons. The van der Waals surface area contributed by atoms with Crippen molar-refractivity contribution >= 4 is 7.60 Å². The lowest BCUT2D eigenvalue weighted by Crippen LogP contribution is -2.40. The summed E-state index contributed by atoms with van der Waals surface area (Å²) in [5.74, 6) is 0.411. The second-order valence-electron chi connectivity index (χ2n) is 5.58. The van der Waals surface area contributed by atoms with Gasteiger partial charge >= 0.3 is 7.60 Å². The molecule has 1 atom stereocenters. The van der Waals surface area contributed by atoms with E-state index in [4.69, 9.17) is 9.05 Å². The first-order chi connectivity index (χ1) is 9.03. The van der Waals surface area contributed by atoms with Crippen molar-refractivity contribution < 1.29 is 13.6 Å². The Morgan fingerprint density at radius 1 is 1.05 bits per heavy atom. The summed E-state index contributed by atoms with van der Waals surface area (Å²) in [7, 11) is -3.03. The minimum absolute atomic E-state index is 0.0762. The van der Waals surface area contributed by atoms with Crippen molar-refractivity contribution in [1.82, 2.24) is 4.90 Å². The molecule has 19 heavy (non-hydrogen) atoms. The molecule has 1 fully saturated rings. The molecule has 0 saturated carbocycles. The summed E-state index contributed by atoms with van der Waals surface area (Å²) in [6.45, 7) is 11.0. The first kappa shape index (κ1) is 17.2. The molecule has 0 amide bonds. The topological polar surface area (TPSA) is 38.8 Å². The molecular formula is C14H30NO3P. The van der Waals surface area contributed by atoms with Crippen LogP contribution in [0.2, 0.25) is 0 Å². The molecule has 0 bridgehead atoms. The van der Waals surface area contributed by atoms with Crippen molar-refractivity contribution in [1.29, 1.82) is 0 Å². The number of rotatable bonds is 8. The number of nitrogens with zero attached hydrogens (tertiary/aromatic N) is 1. The van der Waals surface area contributed by atoms with Crippen molar-refractivity contribution in [3.05, 3.63) is 0 Å². The molecule has 5 heteroatoms. The quantitative estimate of drug-likeness (QED) is 0.631. The maximum Gasteiger partial charge on any atom is 0.347 e. The Bertz CT molecular complexity index is 280. The Balaban J connectivity index is 2.87. The van der Waals surface area contributed by atoms with Crippen LogP contribution in [0.25, 0.3) is 0 Å². The fourth-order valence-corrected chi connectivity index (χ4v) is 5.13. The van der Waals surface area contributed by atoms with Gasteiger partial charge in [-0.15, -0.1) is 0 Å². The first-order valence-corrected chi connectivity index (χ1v) is 9.27. The molecule has 1 aliphatic heterocycles. The van der Waals surface area contributed by atoms with Crippen LogP contribution in [0.4, 0.5) is 0 Å². The predicted molar refractivity (Wildman–Crippen MR) is 79.5 cm³/mol. The Morgan fingerprint density at radius 2 is 1.58 bits per heavy atom.